The van der Waals surface area contributed by atoms with Crippen LogP contribution in [0.5, 0.6) is 0 Å². The SMILES string of the molecule is CCC1(C)NC(=O)C(C(C)(C)C)N(C)C1=O. The van der Waals surface area contributed by atoms with E-state index in [1.54, 1.807) is 18.9 Å². The minimum absolute atomic E-state index is 0.00507. The van der Waals surface area contributed by atoms with Crippen LogP contribution in [0.4, 0.5) is 0 Å². The number of nitrogens with one attached hydrogen (secondary N) is 1. The van der Waals surface area contributed by atoms with Crippen molar-refractivity contribution in [2.45, 2.75) is 52.6 Å². The van der Waals surface area contributed by atoms with E-state index in [0.717, 1.165) is 0 Å². The number of carbonyl (C=O) groups excluding carboxylic acids is 2. The van der Waals surface area contributed by atoms with E-state index in [1.165, 1.54) is 0 Å². The van der Waals surface area contributed by atoms with E-state index in [1.807, 2.05) is 27.7 Å². The predicted molar refractivity (Wildman–Crippen MR) is 62.9 cm³/mol. The molecule has 1 N–H and O–H groups in total. The van der Waals surface area contributed by atoms with Gasteiger partial charge < -0.3 is 10.2 Å². The molecule has 2 unspecified atom stereocenters. The molecule has 16 heavy (non-hydrogen) atoms. The average molecular weight is 226 g/mol. The summed E-state index contributed by atoms with van der Waals surface area (Å²) in [5.74, 6) is -0.0616. The fourth-order valence-corrected chi connectivity index (χ4v) is 2.29. The van der Waals surface area contributed by atoms with Crippen molar-refractivity contribution >= 4 is 11.8 Å². The van der Waals surface area contributed by atoms with Crippen molar-refractivity contribution in [1.82, 2.24) is 10.2 Å². The maximum absolute atomic E-state index is 12.2. The molecule has 92 valence electrons. The van der Waals surface area contributed by atoms with Gasteiger partial charge in [-0.3, -0.25) is 9.59 Å². The van der Waals surface area contributed by atoms with Crippen LogP contribution in [0.2, 0.25) is 0 Å². The van der Waals surface area contributed by atoms with Gasteiger partial charge in [-0.15, -0.1) is 0 Å². The molecule has 0 radical (unpaired) electrons. The van der Waals surface area contributed by atoms with Gasteiger partial charge in [0.15, 0.2) is 0 Å². The molecule has 2 amide bonds. The first-order valence-electron chi connectivity index (χ1n) is 5.73. The van der Waals surface area contributed by atoms with Gasteiger partial charge in [0.25, 0.3) is 0 Å². The summed E-state index contributed by atoms with van der Waals surface area (Å²) in [5.41, 5.74) is -0.989. The summed E-state index contributed by atoms with van der Waals surface area (Å²) in [6.07, 6.45) is 0.610. The van der Waals surface area contributed by atoms with E-state index in [9.17, 15) is 9.59 Å². The first-order chi connectivity index (χ1) is 7.13. The zero-order valence-corrected chi connectivity index (χ0v) is 11.0. The Labute approximate surface area is 97.4 Å². The molecule has 0 aromatic heterocycles. The lowest BCUT2D eigenvalue weighted by Crippen LogP contribution is -2.70. The molecular weight excluding hydrogens is 204 g/mol. The van der Waals surface area contributed by atoms with E-state index in [-0.39, 0.29) is 23.3 Å². The van der Waals surface area contributed by atoms with Gasteiger partial charge in [0, 0.05) is 7.05 Å². The van der Waals surface area contributed by atoms with E-state index in [4.69, 9.17) is 0 Å². The standard InChI is InChI=1S/C12H22N2O2/c1-7-12(5)10(16)14(6)8(9(15)13-12)11(2,3)4/h8H,7H2,1-6H3,(H,13,15). The second-order valence-electron chi connectivity index (χ2n) is 5.86. The van der Waals surface area contributed by atoms with Crippen molar-refractivity contribution in [2.75, 3.05) is 7.05 Å². The first kappa shape index (κ1) is 13.0. The van der Waals surface area contributed by atoms with Gasteiger partial charge >= 0.3 is 0 Å². The van der Waals surface area contributed by atoms with Gasteiger partial charge in [-0.1, -0.05) is 27.7 Å². The highest BCUT2D eigenvalue weighted by Crippen LogP contribution is 2.30. The molecule has 0 aromatic rings. The van der Waals surface area contributed by atoms with Crippen LogP contribution in [-0.4, -0.2) is 35.3 Å². The van der Waals surface area contributed by atoms with Crippen molar-refractivity contribution in [3.05, 3.63) is 0 Å². The Hall–Kier alpha value is -1.06. The van der Waals surface area contributed by atoms with Crippen LogP contribution in [0.15, 0.2) is 0 Å². The average Bonchev–Trinajstić information content (AvgIpc) is 2.12. The number of hydrogen-bond donors (Lipinski definition) is 1. The maximum Gasteiger partial charge on any atom is 0.248 e. The second kappa shape index (κ2) is 3.75. The highest BCUT2D eigenvalue weighted by atomic mass is 16.2. The summed E-state index contributed by atoms with van der Waals surface area (Å²) in [6, 6.07) is -0.389. The molecule has 1 fully saturated rings. The number of carbonyl (C=O) groups is 2. The third-order valence-corrected chi connectivity index (χ3v) is 3.35. The molecule has 1 aliphatic rings. The lowest BCUT2D eigenvalue weighted by molar-refractivity contribution is -0.156. The molecule has 0 aliphatic carbocycles. The van der Waals surface area contributed by atoms with Crippen LogP contribution in [-0.2, 0) is 9.59 Å². The largest absolute Gasteiger partial charge is 0.340 e. The Morgan fingerprint density at radius 3 is 2.25 bits per heavy atom. The molecule has 1 saturated heterocycles. The number of nitrogens with zero attached hydrogens (tertiary/aromatic N) is 1. The van der Waals surface area contributed by atoms with Gasteiger partial charge in [0.1, 0.15) is 11.6 Å². The summed E-state index contributed by atoms with van der Waals surface area (Å²) in [6.45, 7) is 9.59. The lowest BCUT2D eigenvalue weighted by Gasteiger charge is -2.46. The zero-order valence-electron chi connectivity index (χ0n) is 11.0. The quantitative estimate of drug-likeness (QED) is 0.729. The monoisotopic (exact) mass is 226 g/mol. The fraction of sp³-hybridized carbons (Fsp3) is 0.833. The summed E-state index contributed by atoms with van der Waals surface area (Å²) in [5, 5.41) is 2.85. The van der Waals surface area contributed by atoms with Gasteiger partial charge in [0.05, 0.1) is 0 Å². The number of hydrogen-bond acceptors (Lipinski definition) is 2. The molecule has 4 heteroatoms. The maximum atomic E-state index is 12.2. The van der Waals surface area contributed by atoms with E-state index in [2.05, 4.69) is 5.32 Å². The molecule has 1 heterocycles. The van der Waals surface area contributed by atoms with Gasteiger partial charge in [-0.05, 0) is 18.8 Å². The minimum atomic E-state index is -0.742. The van der Waals surface area contributed by atoms with Gasteiger partial charge in [0.2, 0.25) is 11.8 Å². The summed E-state index contributed by atoms with van der Waals surface area (Å²) < 4.78 is 0. The molecular formula is C12H22N2O2. The van der Waals surface area contributed by atoms with Crippen LogP contribution in [0.25, 0.3) is 0 Å². The number of likely N-dealkylation sites (N-methyl/N-ethyl adjacent to an activating group) is 1. The summed E-state index contributed by atoms with van der Waals surface area (Å²) >= 11 is 0. The van der Waals surface area contributed by atoms with Gasteiger partial charge in [-0.25, -0.2) is 0 Å². The lowest BCUT2D eigenvalue weighted by atomic mass is 9.81. The van der Waals surface area contributed by atoms with Crippen molar-refractivity contribution in [3.8, 4) is 0 Å². The Morgan fingerprint density at radius 1 is 1.38 bits per heavy atom. The predicted octanol–water partition coefficient (Wildman–Crippen LogP) is 1.16. The third-order valence-electron chi connectivity index (χ3n) is 3.35. The van der Waals surface area contributed by atoms with E-state index in [0.29, 0.717) is 6.42 Å². The molecule has 4 nitrogen and oxygen atoms in total. The van der Waals surface area contributed by atoms with Crippen molar-refractivity contribution < 1.29 is 9.59 Å². The van der Waals surface area contributed by atoms with Crippen LogP contribution >= 0.6 is 0 Å². The highest BCUT2D eigenvalue weighted by molar-refractivity contribution is 5.99. The molecule has 1 aliphatic heterocycles. The highest BCUT2D eigenvalue weighted by Gasteiger charge is 2.49. The Kier molecular flexibility index (Phi) is 3.05. The number of amides is 2. The normalized spacial score (nSPS) is 31.6. The summed E-state index contributed by atoms with van der Waals surface area (Å²) in [4.78, 5) is 25.8. The Bertz CT molecular complexity index is 319. The Morgan fingerprint density at radius 2 is 1.88 bits per heavy atom. The molecule has 1 rings (SSSR count). The Balaban J connectivity index is 3.07. The third kappa shape index (κ3) is 1.93. The molecule has 0 aromatic carbocycles. The molecule has 0 saturated carbocycles. The minimum Gasteiger partial charge on any atom is -0.340 e. The second-order valence-corrected chi connectivity index (χ2v) is 5.86. The fourth-order valence-electron chi connectivity index (χ4n) is 2.29. The smallest absolute Gasteiger partial charge is 0.248 e. The van der Waals surface area contributed by atoms with Gasteiger partial charge in [-0.2, -0.15) is 0 Å². The summed E-state index contributed by atoms with van der Waals surface area (Å²) in [7, 11) is 1.71. The molecule has 0 bridgehead atoms. The van der Waals surface area contributed by atoms with Crippen LogP contribution in [0.3, 0.4) is 0 Å². The van der Waals surface area contributed by atoms with E-state index >= 15 is 0 Å². The van der Waals surface area contributed by atoms with Crippen molar-refractivity contribution in [2.24, 2.45) is 5.41 Å². The first-order valence-corrected chi connectivity index (χ1v) is 5.73. The topological polar surface area (TPSA) is 49.4 Å². The molecule has 2 atom stereocenters. The van der Waals surface area contributed by atoms with Crippen molar-refractivity contribution in [3.63, 3.8) is 0 Å². The van der Waals surface area contributed by atoms with E-state index < -0.39 is 5.54 Å². The molecule has 0 spiro atoms. The van der Waals surface area contributed by atoms with Crippen molar-refractivity contribution in [1.29, 1.82) is 0 Å². The number of piperazine rings is 1. The van der Waals surface area contributed by atoms with Crippen LogP contribution in [0, 0.1) is 5.41 Å². The zero-order chi connectivity index (χ0) is 12.7. The van der Waals surface area contributed by atoms with Crippen LogP contribution < -0.4 is 5.32 Å². The van der Waals surface area contributed by atoms with Crippen LogP contribution in [0.1, 0.15) is 41.0 Å². The number of rotatable bonds is 1.